The first-order valence-corrected chi connectivity index (χ1v) is 10.9. The first-order chi connectivity index (χ1) is 13.7. The van der Waals surface area contributed by atoms with Gasteiger partial charge in [-0.1, -0.05) is 37.6 Å². The molecule has 0 aliphatic heterocycles. The first kappa shape index (κ1) is 22.6. The van der Waals surface area contributed by atoms with E-state index in [0.29, 0.717) is 24.5 Å². The van der Waals surface area contributed by atoms with E-state index in [1.807, 2.05) is 32.0 Å². The van der Waals surface area contributed by atoms with E-state index in [2.05, 4.69) is 5.32 Å². The van der Waals surface area contributed by atoms with Crippen molar-refractivity contribution in [3.8, 4) is 5.75 Å². The number of hydrogen-bond donors (Lipinski definition) is 1. The lowest BCUT2D eigenvalue weighted by molar-refractivity contribution is -0.111. The average molecular weight is 417 g/mol. The number of nitrogens with zero attached hydrogens (tertiary/aromatic N) is 1. The van der Waals surface area contributed by atoms with Crippen LogP contribution in [-0.2, 0) is 14.8 Å². The van der Waals surface area contributed by atoms with Crippen LogP contribution in [-0.4, -0.2) is 38.8 Å². The lowest BCUT2D eigenvalue weighted by atomic mass is 10.1. The summed E-state index contributed by atoms with van der Waals surface area (Å²) in [5, 5.41) is 2.72. The highest BCUT2D eigenvalue weighted by Gasteiger charge is 2.23. The van der Waals surface area contributed by atoms with Crippen LogP contribution in [0.15, 0.2) is 47.4 Å². The normalized spacial score (nSPS) is 11.8. The minimum absolute atomic E-state index is 0.107. The fraction of sp³-hybridized carbons (Fsp3) is 0.318. The molecule has 1 amide bonds. The molecule has 0 heterocycles. The van der Waals surface area contributed by atoms with Gasteiger partial charge in [-0.2, -0.15) is 4.31 Å². The summed E-state index contributed by atoms with van der Waals surface area (Å²) in [5.41, 5.74) is 3.46. The summed E-state index contributed by atoms with van der Waals surface area (Å²) in [5.74, 6) is 0.0115. The molecule has 6 nitrogen and oxygen atoms in total. The summed E-state index contributed by atoms with van der Waals surface area (Å²) < 4.78 is 32.2. The summed E-state index contributed by atoms with van der Waals surface area (Å²) in [6, 6.07) is 10.4. The zero-order valence-electron chi connectivity index (χ0n) is 17.5. The minimum atomic E-state index is -3.64. The molecule has 0 fully saturated rings. The summed E-state index contributed by atoms with van der Waals surface area (Å²) in [7, 11) is -2.17. The van der Waals surface area contributed by atoms with Crippen molar-refractivity contribution in [2.45, 2.75) is 32.6 Å². The van der Waals surface area contributed by atoms with Crippen molar-refractivity contribution in [2.24, 2.45) is 0 Å². The van der Waals surface area contributed by atoms with Crippen LogP contribution >= 0.6 is 0 Å². The number of hydrogen-bond acceptors (Lipinski definition) is 4. The van der Waals surface area contributed by atoms with Gasteiger partial charge in [-0.25, -0.2) is 8.42 Å². The number of methoxy groups -OCH3 is 1. The SMILES string of the molecule is CCN(CC)S(=O)(=O)c1ccc(OC)c(NC(=O)/C=C/c2ccc(C)cc2C)c1. The fourth-order valence-electron chi connectivity index (χ4n) is 3.01. The second-order valence-electron chi connectivity index (χ2n) is 6.63. The molecule has 0 aromatic heterocycles. The molecule has 2 aromatic rings. The van der Waals surface area contributed by atoms with Crippen LogP contribution in [0.3, 0.4) is 0 Å². The van der Waals surface area contributed by atoms with Crippen molar-refractivity contribution >= 4 is 27.7 Å². The predicted octanol–water partition coefficient (Wildman–Crippen LogP) is 3.99. The van der Waals surface area contributed by atoms with Crippen molar-refractivity contribution in [2.75, 3.05) is 25.5 Å². The third kappa shape index (κ3) is 5.46. The largest absolute Gasteiger partial charge is 0.495 e. The summed E-state index contributed by atoms with van der Waals surface area (Å²) in [6.07, 6.45) is 3.15. The average Bonchev–Trinajstić information content (AvgIpc) is 2.68. The maximum absolute atomic E-state index is 12.8. The Morgan fingerprint density at radius 2 is 1.79 bits per heavy atom. The molecule has 0 aliphatic rings. The van der Waals surface area contributed by atoms with E-state index in [4.69, 9.17) is 4.74 Å². The fourth-order valence-corrected chi connectivity index (χ4v) is 4.50. The molecule has 0 atom stereocenters. The van der Waals surface area contributed by atoms with E-state index in [1.165, 1.54) is 29.6 Å². The zero-order chi connectivity index (χ0) is 21.6. The van der Waals surface area contributed by atoms with Gasteiger partial charge in [-0.05, 0) is 49.2 Å². The second-order valence-corrected chi connectivity index (χ2v) is 8.57. The monoisotopic (exact) mass is 416 g/mol. The Morgan fingerprint density at radius 3 is 2.38 bits per heavy atom. The van der Waals surface area contributed by atoms with Crippen LogP contribution in [0.25, 0.3) is 6.08 Å². The summed E-state index contributed by atoms with van der Waals surface area (Å²) in [4.78, 5) is 12.5. The molecule has 2 aromatic carbocycles. The van der Waals surface area contributed by atoms with Gasteiger partial charge in [0.1, 0.15) is 5.75 Å². The molecule has 0 bridgehead atoms. The van der Waals surface area contributed by atoms with E-state index >= 15 is 0 Å². The Hall–Kier alpha value is -2.64. The van der Waals surface area contributed by atoms with Gasteiger partial charge in [0.05, 0.1) is 17.7 Å². The number of nitrogens with one attached hydrogen (secondary N) is 1. The second kappa shape index (κ2) is 9.71. The van der Waals surface area contributed by atoms with Gasteiger partial charge in [-0.3, -0.25) is 4.79 Å². The smallest absolute Gasteiger partial charge is 0.248 e. The number of carbonyl (C=O) groups is 1. The van der Waals surface area contributed by atoms with Crippen molar-refractivity contribution in [3.05, 3.63) is 59.2 Å². The molecule has 0 saturated heterocycles. The van der Waals surface area contributed by atoms with Gasteiger partial charge in [0.25, 0.3) is 0 Å². The Labute approximate surface area is 173 Å². The predicted molar refractivity (Wildman–Crippen MR) is 117 cm³/mol. The lowest BCUT2D eigenvalue weighted by Gasteiger charge is -2.19. The molecule has 156 valence electrons. The number of amides is 1. The highest BCUT2D eigenvalue weighted by molar-refractivity contribution is 7.89. The molecule has 0 unspecified atom stereocenters. The van der Waals surface area contributed by atoms with E-state index in [1.54, 1.807) is 26.0 Å². The molecule has 7 heteroatoms. The van der Waals surface area contributed by atoms with Crippen LogP contribution in [0.4, 0.5) is 5.69 Å². The van der Waals surface area contributed by atoms with Gasteiger partial charge < -0.3 is 10.1 Å². The number of sulfonamides is 1. The maximum Gasteiger partial charge on any atom is 0.248 e. The number of ether oxygens (including phenoxy) is 1. The topological polar surface area (TPSA) is 75.7 Å². The lowest BCUT2D eigenvalue weighted by Crippen LogP contribution is -2.30. The van der Waals surface area contributed by atoms with E-state index in [-0.39, 0.29) is 10.8 Å². The van der Waals surface area contributed by atoms with Crippen LogP contribution in [0.2, 0.25) is 0 Å². The number of benzene rings is 2. The Morgan fingerprint density at radius 1 is 1.10 bits per heavy atom. The zero-order valence-corrected chi connectivity index (χ0v) is 18.3. The van der Waals surface area contributed by atoms with E-state index < -0.39 is 10.0 Å². The van der Waals surface area contributed by atoms with Crippen LogP contribution in [0.1, 0.15) is 30.5 Å². The van der Waals surface area contributed by atoms with Gasteiger partial charge in [0.15, 0.2) is 0 Å². The molecular weight excluding hydrogens is 388 g/mol. The molecule has 0 saturated carbocycles. The highest BCUT2D eigenvalue weighted by atomic mass is 32.2. The highest BCUT2D eigenvalue weighted by Crippen LogP contribution is 2.29. The summed E-state index contributed by atoms with van der Waals surface area (Å²) >= 11 is 0. The molecule has 0 radical (unpaired) electrons. The molecule has 1 N–H and O–H groups in total. The molecule has 0 spiro atoms. The number of rotatable bonds is 8. The van der Waals surface area contributed by atoms with Crippen LogP contribution in [0, 0.1) is 13.8 Å². The number of carbonyl (C=O) groups excluding carboxylic acids is 1. The van der Waals surface area contributed by atoms with Crippen molar-refractivity contribution < 1.29 is 17.9 Å². The van der Waals surface area contributed by atoms with Gasteiger partial charge in [0, 0.05) is 19.2 Å². The Bertz CT molecular complexity index is 1010. The third-order valence-corrected chi connectivity index (χ3v) is 6.66. The minimum Gasteiger partial charge on any atom is -0.495 e. The van der Waals surface area contributed by atoms with E-state index in [0.717, 1.165) is 16.7 Å². The maximum atomic E-state index is 12.8. The molecule has 29 heavy (non-hydrogen) atoms. The standard InChI is InChI=1S/C22H28N2O4S/c1-6-24(7-2)29(26,27)19-11-12-21(28-5)20(15-19)23-22(25)13-10-18-9-8-16(3)14-17(18)4/h8-15H,6-7H2,1-5H3,(H,23,25)/b13-10+. The van der Waals surface area contributed by atoms with Crippen molar-refractivity contribution in [3.63, 3.8) is 0 Å². The van der Waals surface area contributed by atoms with Gasteiger partial charge in [0.2, 0.25) is 15.9 Å². The third-order valence-electron chi connectivity index (χ3n) is 4.61. The number of aryl methyl sites for hydroxylation is 2. The van der Waals surface area contributed by atoms with E-state index in [9.17, 15) is 13.2 Å². The summed E-state index contributed by atoms with van der Waals surface area (Å²) in [6.45, 7) is 8.29. The van der Waals surface area contributed by atoms with Gasteiger partial charge in [-0.15, -0.1) is 0 Å². The van der Waals surface area contributed by atoms with Gasteiger partial charge >= 0.3 is 0 Å². The van der Waals surface area contributed by atoms with Crippen molar-refractivity contribution in [1.82, 2.24) is 4.31 Å². The van der Waals surface area contributed by atoms with Crippen LogP contribution < -0.4 is 10.1 Å². The Balaban J connectivity index is 2.29. The molecular formula is C22H28N2O4S. The quantitative estimate of drug-likeness (QED) is 0.660. The molecule has 2 rings (SSSR count). The molecule has 0 aliphatic carbocycles. The number of anilines is 1. The Kier molecular flexibility index (Phi) is 7.59. The first-order valence-electron chi connectivity index (χ1n) is 9.47. The van der Waals surface area contributed by atoms with Crippen LogP contribution in [0.5, 0.6) is 5.75 Å². The van der Waals surface area contributed by atoms with Crippen molar-refractivity contribution in [1.29, 1.82) is 0 Å².